The van der Waals surface area contributed by atoms with Crippen molar-refractivity contribution in [2.45, 2.75) is 44.9 Å². The van der Waals surface area contributed by atoms with E-state index in [1.54, 1.807) is 0 Å². The average molecular weight is 292 g/mol. The number of aliphatic hydroxyl groups is 1. The van der Waals surface area contributed by atoms with Gasteiger partial charge in [-0.3, -0.25) is 4.79 Å². The number of amides is 1. The molecule has 1 aromatic rings. The van der Waals surface area contributed by atoms with E-state index in [1.165, 1.54) is 0 Å². The summed E-state index contributed by atoms with van der Waals surface area (Å²) in [5.74, 6) is 0.694. The van der Waals surface area contributed by atoms with Crippen LogP contribution in [0.25, 0.3) is 0 Å². The van der Waals surface area contributed by atoms with Gasteiger partial charge in [-0.1, -0.05) is 12.1 Å². The van der Waals surface area contributed by atoms with E-state index in [1.807, 2.05) is 38.1 Å². The minimum Gasteiger partial charge on any atom is -0.491 e. The number of benzene rings is 1. The molecule has 1 aliphatic carbocycles. The molecule has 1 saturated carbocycles. The fourth-order valence-electron chi connectivity index (χ4n) is 1.96. The summed E-state index contributed by atoms with van der Waals surface area (Å²) in [6.07, 6.45) is 1.73. The number of hydrogen-bond donors (Lipinski definition) is 3. The third-order valence-corrected chi connectivity index (χ3v) is 3.26. The van der Waals surface area contributed by atoms with Crippen LogP contribution in [0.3, 0.4) is 0 Å². The quantitative estimate of drug-likeness (QED) is 0.677. The smallest absolute Gasteiger partial charge is 0.234 e. The second kappa shape index (κ2) is 7.43. The van der Waals surface area contributed by atoms with Crippen LogP contribution in [-0.2, 0) is 4.79 Å². The highest BCUT2D eigenvalue weighted by molar-refractivity contribution is 5.78. The second-order valence-electron chi connectivity index (χ2n) is 5.71. The van der Waals surface area contributed by atoms with E-state index in [0.29, 0.717) is 12.6 Å². The minimum absolute atomic E-state index is 0.0827. The number of carbonyl (C=O) groups is 1. The molecule has 21 heavy (non-hydrogen) atoms. The number of rotatable bonds is 8. The largest absolute Gasteiger partial charge is 0.491 e. The van der Waals surface area contributed by atoms with E-state index < -0.39 is 6.10 Å². The summed E-state index contributed by atoms with van der Waals surface area (Å²) in [5, 5.41) is 15.9. The molecule has 2 rings (SSSR count). The van der Waals surface area contributed by atoms with Crippen LogP contribution in [0.1, 0.15) is 38.4 Å². The Morgan fingerprint density at radius 2 is 2.00 bits per heavy atom. The Balaban J connectivity index is 1.73. The zero-order chi connectivity index (χ0) is 15.2. The van der Waals surface area contributed by atoms with Crippen molar-refractivity contribution in [1.82, 2.24) is 10.6 Å². The second-order valence-corrected chi connectivity index (χ2v) is 5.71. The monoisotopic (exact) mass is 292 g/mol. The molecule has 5 nitrogen and oxygen atoms in total. The van der Waals surface area contributed by atoms with E-state index >= 15 is 0 Å². The van der Waals surface area contributed by atoms with Crippen LogP contribution in [0.5, 0.6) is 5.75 Å². The lowest BCUT2D eigenvalue weighted by molar-refractivity contribution is -0.120. The molecular formula is C16H24N2O3. The molecule has 1 aliphatic rings. The molecule has 1 amide bonds. The Bertz CT molecular complexity index is 455. The molecule has 5 heteroatoms. The topological polar surface area (TPSA) is 70.6 Å². The summed E-state index contributed by atoms with van der Waals surface area (Å²) in [4.78, 5) is 11.6. The van der Waals surface area contributed by atoms with Crippen molar-refractivity contribution in [3.05, 3.63) is 29.8 Å². The van der Waals surface area contributed by atoms with Crippen LogP contribution < -0.4 is 15.4 Å². The SMILES string of the molecule is CC(C)Oc1ccc(C(O)CNC(=O)CNC2CC2)cc1. The lowest BCUT2D eigenvalue weighted by Gasteiger charge is -2.14. The lowest BCUT2D eigenvalue weighted by Crippen LogP contribution is -2.36. The van der Waals surface area contributed by atoms with Crippen molar-refractivity contribution in [1.29, 1.82) is 0 Å². The molecule has 1 fully saturated rings. The average Bonchev–Trinajstić information content (AvgIpc) is 3.27. The minimum atomic E-state index is -0.706. The van der Waals surface area contributed by atoms with Crippen molar-refractivity contribution >= 4 is 5.91 Å². The number of ether oxygens (including phenoxy) is 1. The summed E-state index contributed by atoms with van der Waals surface area (Å²) in [5.41, 5.74) is 0.765. The van der Waals surface area contributed by atoms with E-state index in [9.17, 15) is 9.90 Å². The van der Waals surface area contributed by atoms with Crippen molar-refractivity contribution in [2.24, 2.45) is 0 Å². The molecule has 0 spiro atoms. The first-order chi connectivity index (χ1) is 10.0. The van der Waals surface area contributed by atoms with Gasteiger partial charge in [-0.25, -0.2) is 0 Å². The summed E-state index contributed by atoms with van der Waals surface area (Å²) >= 11 is 0. The molecule has 0 saturated heterocycles. The van der Waals surface area contributed by atoms with Crippen molar-refractivity contribution in [3.63, 3.8) is 0 Å². The van der Waals surface area contributed by atoms with Gasteiger partial charge in [0.2, 0.25) is 5.91 Å². The van der Waals surface area contributed by atoms with Gasteiger partial charge in [-0.15, -0.1) is 0 Å². The van der Waals surface area contributed by atoms with Gasteiger partial charge in [0.1, 0.15) is 5.75 Å². The van der Waals surface area contributed by atoms with Gasteiger partial charge in [0.15, 0.2) is 0 Å². The standard InChI is InChI=1S/C16H24N2O3/c1-11(2)21-14-7-3-12(4-8-14)15(19)9-18-16(20)10-17-13-5-6-13/h3-4,7-8,11,13,15,17,19H,5-6,9-10H2,1-2H3,(H,18,20). The van der Waals surface area contributed by atoms with Crippen molar-refractivity contribution < 1.29 is 14.6 Å². The first-order valence-electron chi connectivity index (χ1n) is 7.49. The fraction of sp³-hybridized carbons (Fsp3) is 0.562. The van der Waals surface area contributed by atoms with Crippen molar-refractivity contribution in [2.75, 3.05) is 13.1 Å². The Labute approximate surface area is 125 Å². The number of aliphatic hydroxyl groups excluding tert-OH is 1. The number of carbonyl (C=O) groups excluding carboxylic acids is 1. The molecule has 0 aromatic heterocycles. The molecule has 1 aromatic carbocycles. The van der Waals surface area contributed by atoms with E-state index in [4.69, 9.17) is 4.74 Å². The maximum Gasteiger partial charge on any atom is 0.234 e. The van der Waals surface area contributed by atoms with Crippen LogP contribution >= 0.6 is 0 Å². The molecule has 116 valence electrons. The molecule has 3 N–H and O–H groups in total. The molecule has 0 radical (unpaired) electrons. The Morgan fingerprint density at radius 3 is 2.57 bits per heavy atom. The number of nitrogens with one attached hydrogen (secondary N) is 2. The fourth-order valence-corrected chi connectivity index (χ4v) is 1.96. The molecule has 0 bridgehead atoms. The van der Waals surface area contributed by atoms with Gasteiger partial charge in [0.05, 0.1) is 18.8 Å². The predicted octanol–water partition coefficient (Wildman–Crippen LogP) is 1.38. The van der Waals surface area contributed by atoms with Crippen LogP contribution in [0.15, 0.2) is 24.3 Å². The van der Waals surface area contributed by atoms with Gasteiger partial charge >= 0.3 is 0 Å². The predicted molar refractivity (Wildman–Crippen MR) is 81.2 cm³/mol. The van der Waals surface area contributed by atoms with E-state index in [2.05, 4.69) is 10.6 Å². The summed E-state index contributed by atoms with van der Waals surface area (Å²) in [6.45, 7) is 4.47. The Morgan fingerprint density at radius 1 is 1.33 bits per heavy atom. The van der Waals surface area contributed by atoms with Crippen molar-refractivity contribution in [3.8, 4) is 5.75 Å². The highest BCUT2D eigenvalue weighted by atomic mass is 16.5. The van der Waals surface area contributed by atoms with E-state index in [0.717, 1.165) is 24.2 Å². The molecule has 1 atom stereocenters. The van der Waals surface area contributed by atoms with Crippen LogP contribution in [0.4, 0.5) is 0 Å². The van der Waals surface area contributed by atoms with Gasteiger partial charge in [0, 0.05) is 12.6 Å². The number of hydrogen-bond acceptors (Lipinski definition) is 4. The molecule has 0 heterocycles. The zero-order valence-corrected chi connectivity index (χ0v) is 12.6. The summed E-state index contributed by atoms with van der Waals surface area (Å²) < 4.78 is 5.55. The van der Waals surface area contributed by atoms with Gasteiger partial charge in [-0.2, -0.15) is 0 Å². The third kappa shape index (κ3) is 5.73. The molecular weight excluding hydrogens is 268 g/mol. The lowest BCUT2D eigenvalue weighted by atomic mass is 10.1. The van der Waals surface area contributed by atoms with Gasteiger partial charge in [-0.05, 0) is 44.4 Å². The first kappa shape index (κ1) is 15.8. The summed E-state index contributed by atoms with van der Waals surface area (Å²) in [6, 6.07) is 7.80. The van der Waals surface area contributed by atoms with Crippen LogP contribution in [0, 0.1) is 0 Å². The zero-order valence-electron chi connectivity index (χ0n) is 12.6. The normalized spacial score (nSPS) is 15.8. The maximum atomic E-state index is 11.6. The third-order valence-electron chi connectivity index (χ3n) is 3.26. The highest BCUT2D eigenvalue weighted by Crippen LogP contribution is 2.19. The highest BCUT2D eigenvalue weighted by Gasteiger charge is 2.21. The Hall–Kier alpha value is -1.59. The molecule has 0 aliphatic heterocycles. The van der Waals surface area contributed by atoms with E-state index in [-0.39, 0.29) is 18.6 Å². The van der Waals surface area contributed by atoms with Gasteiger partial charge in [0.25, 0.3) is 0 Å². The first-order valence-corrected chi connectivity index (χ1v) is 7.49. The maximum absolute atomic E-state index is 11.6. The summed E-state index contributed by atoms with van der Waals surface area (Å²) in [7, 11) is 0. The molecule has 1 unspecified atom stereocenters. The van der Waals surface area contributed by atoms with Crippen LogP contribution in [0.2, 0.25) is 0 Å². The van der Waals surface area contributed by atoms with Gasteiger partial charge < -0.3 is 20.5 Å². The van der Waals surface area contributed by atoms with Crippen LogP contribution in [-0.4, -0.2) is 36.2 Å². The Kier molecular flexibility index (Phi) is 5.59.